The van der Waals surface area contributed by atoms with Crippen molar-refractivity contribution in [2.24, 2.45) is 17.8 Å². The summed E-state index contributed by atoms with van der Waals surface area (Å²) < 4.78 is 6.72. The van der Waals surface area contributed by atoms with E-state index in [1.807, 2.05) is 6.92 Å². The first-order valence-corrected chi connectivity index (χ1v) is 9.46. The average molecular weight is 311 g/mol. The van der Waals surface area contributed by atoms with Gasteiger partial charge in [-0.05, 0) is 96.8 Å². The fourth-order valence-electron chi connectivity index (χ4n) is 4.67. The fourth-order valence-corrected chi connectivity index (χ4v) is 4.67. The third-order valence-electron chi connectivity index (χ3n) is 6.59. The van der Waals surface area contributed by atoms with Crippen molar-refractivity contribution in [3.8, 4) is 0 Å². The minimum Gasteiger partial charge on any atom is -0.390 e. The van der Waals surface area contributed by atoms with Crippen molar-refractivity contribution < 1.29 is 9.84 Å². The third-order valence-corrected chi connectivity index (χ3v) is 6.59. The fraction of sp³-hybridized carbons (Fsp3) is 1.00. The molecule has 0 saturated heterocycles. The van der Waals surface area contributed by atoms with Gasteiger partial charge in [-0.3, -0.25) is 0 Å². The second-order valence-electron chi connectivity index (χ2n) is 9.51. The van der Waals surface area contributed by atoms with Crippen LogP contribution in [-0.2, 0) is 4.74 Å². The van der Waals surface area contributed by atoms with Gasteiger partial charge in [-0.15, -0.1) is 0 Å². The van der Waals surface area contributed by atoms with Crippen LogP contribution in [-0.4, -0.2) is 21.9 Å². The molecule has 2 aliphatic carbocycles. The Morgan fingerprint density at radius 2 is 1.45 bits per heavy atom. The van der Waals surface area contributed by atoms with E-state index in [-0.39, 0.29) is 11.2 Å². The van der Waals surface area contributed by atoms with Gasteiger partial charge in [0.05, 0.1) is 16.8 Å². The van der Waals surface area contributed by atoms with Crippen molar-refractivity contribution in [3.63, 3.8) is 0 Å². The van der Waals surface area contributed by atoms with Crippen LogP contribution in [0.25, 0.3) is 0 Å². The third kappa shape index (κ3) is 4.47. The summed E-state index contributed by atoms with van der Waals surface area (Å²) >= 11 is 0. The van der Waals surface area contributed by atoms with Crippen molar-refractivity contribution >= 4 is 0 Å². The zero-order valence-electron chi connectivity index (χ0n) is 15.7. The highest BCUT2D eigenvalue weighted by atomic mass is 16.5. The Morgan fingerprint density at radius 3 is 1.91 bits per heavy atom. The molecule has 2 aliphatic rings. The molecule has 2 nitrogen and oxygen atoms in total. The molecule has 0 aromatic heterocycles. The molecular weight excluding hydrogens is 272 g/mol. The highest BCUT2D eigenvalue weighted by molar-refractivity contribution is 4.93. The molecule has 0 radical (unpaired) electrons. The molecule has 0 aromatic rings. The maximum Gasteiger partial charge on any atom is 0.0662 e. The molecule has 0 aromatic carbocycles. The van der Waals surface area contributed by atoms with E-state index in [1.54, 1.807) is 0 Å². The summed E-state index contributed by atoms with van der Waals surface area (Å²) in [6.45, 7) is 13.6. The van der Waals surface area contributed by atoms with Crippen LogP contribution in [0.1, 0.15) is 92.9 Å². The molecule has 0 atom stereocenters. The van der Waals surface area contributed by atoms with E-state index in [4.69, 9.17) is 4.74 Å². The van der Waals surface area contributed by atoms with E-state index < -0.39 is 5.60 Å². The number of hydrogen-bond donors (Lipinski definition) is 1. The SMILES string of the molecule is CC(C)C1CCC(C)(OC(C)(C)C2CCC(C)(O)CC2)CC1. The van der Waals surface area contributed by atoms with Crippen molar-refractivity contribution in [1.29, 1.82) is 0 Å². The van der Waals surface area contributed by atoms with Gasteiger partial charge in [0.25, 0.3) is 0 Å². The summed E-state index contributed by atoms with van der Waals surface area (Å²) in [5.41, 5.74) is -0.476. The van der Waals surface area contributed by atoms with E-state index in [2.05, 4.69) is 34.6 Å². The summed E-state index contributed by atoms with van der Waals surface area (Å²) in [7, 11) is 0. The van der Waals surface area contributed by atoms with Gasteiger partial charge in [0.2, 0.25) is 0 Å². The largest absolute Gasteiger partial charge is 0.390 e. The Hall–Kier alpha value is -0.0800. The quantitative estimate of drug-likeness (QED) is 0.760. The Balaban J connectivity index is 1.91. The van der Waals surface area contributed by atoms with Crippen LogP contribution in [0.2, 0.25) is 0 Å². The van der Waals surface area contributed by atoms with Gasteiger partial charge >= 0.3 is 0 Å². The molecule has 0 bridgehead atoms. The zero-order chi connectivity index (χ0) is 16.6. The maximum absolute atomic E-state index is 10.2. The number of hydrogen-bond acceptors (Lipinski definition) is 2. The van der Waals surface area contributed by atoms with Crippen molar-refractivity contribution in [2.75, 3.05) is 0 Å². The minimum absolute atomic E-state index is 0.0505. The zero-order valence-corrected chi connectivity index (χ0v) is 15.7. The highest BCUT2D eigenvalue weighted by Crippen LogP contribution is 2.45. The second-order valence-corrected chi connectivity index (χ2v) is 9.51. The molecule has 0 spiro atoms. The van der Waals surface area contributed by atoms with Crippen molar-refractivity contribution in [3.05, 3.63) is 0 Å². The topological polar surface area (TPSA) is 29.5 Å². The molecule has 2 saturated carbocycles. The van der Waals surface area contributed by atoms with E-state index in [1.165, 1.54) is 25.7 Å². The second kappa shape index (κ2) is 6.43. The Bertz CT molecular complexity index is 352. The summed E-state index contributed by atoms with van der Waals surface area (Å²) in [5.74, 6) is 2.26. The molecular formula is C20H38O2. The van der Waals surface area contributed by atoms with Crippen LogP contribution in [0.5, 0.6) is 0 Å². The molecule has 1 N–H and O–H groups in total. The van der Waals surface area contributed by atoms with Gasteiger partial charge < -0.3 is 9.84 Å². The van der Waals surface area contributed by atoms with Crippen LogP contribution >= 0.6 is 0 Å². The lowest BCUT2D eigenvalue weighted by Crippen LogP contribution is -2.48. The number of aliphatic hydroxyl groups is 1. The molecule has 130 valence electrons. The summed E-state index contributed by atoms with van der Waals surface area (Å²) in [6, 6.07) is 0. The van der Waals surface area contributed by atoms with Crippen LogP contribution in [0, 0.1) is 17.8 Å². The lowest BCUT2D eigenvalue weighted by Gasteiger charge is -2.48. The Kier molecular flexibility index (Phi) is 5.34. The Morgan fingerprint density at radius 1 is 0.955 bits per heavy atom. The van der Waals surface area contributed by atoms with Gasteiger partial charge in [-0.2, -0.15) is 0 Å². The predicted molar refractivity (Wildman–Crippen MR) is 92.9 cm³/mol. The number of ether oxygens (including phenoxy) is 1. The molecule has 22 heavy (non-hydrogen) atoms. The normalized spacial score (nSPS) is 40.9. The lowest BCUT2D eigenvalue weighted by atomic mass is 9.72. The van der Waals surface area contributed by atoms with Crippen LogP contribution in [0.3, 0.4) is 0 Å². The predicted octanol–water partition coefficient (Wildman–Crippen LogP) is 5.33. The molecule has 0 unspecified atom stereocenters. The lowest BCUT2D eigenvalue weighted by molar-refractivity contribution is -0.184. The first kappa shape index (κ1) is 18.3. The van der Waals surface area contributed by atoms with Gasteiger partial charge in [-0.25, -0.2) is 0 Å². The van der Waals surface area contributed by atoms with Crippen molar-refractivity contribution in [1.82, 2.24) is 0 Å². The van der Waals surface area contributed by atoms with Gasteiger partial charge in [-0.1, -0.05) is 13.8 Å². The highest BCUT2D eigenvalue weighted by Gasteiger charge is 2.43. The number of rotatable bonds is 4. The average Bonchev–Trinajstić information content (AvgIpc) is 2.37. The molecule has 2 fully saturated rings. The molecule has 2 rings (SSSR count). The maximum atomic E-state index is 10.2. The molecule has 0 aliphatic heterocycles. The van der Waals surface area contributed by atoms with Gasteiger partial charge in [0.15, 0.2) is 0 Å². The van der Waals surface area contributed by atoms with E-state index >= 15 is 0 Å². The minimum atomic E-state index is -0.453. The molecule has 0 heterocycles. The van der Waals surface area contributed by atoms with Crippen LogP contribution in [0.4, 0.5) is 0 Å². The molecule has 2 heteroatoms. The first-order chi connectivity index (χ1) is 10.0. The summed E-state index contributed by atoms with van der Waals surface area (Å²) in [6.07, 6.45) is 9.02. The van der Waals surface area contributed by atoms with Crippen LogP contribution < -0.4 is 0 Å². The van der Waals surface area contributed by atoms with E-state index in [9.17, 15) is 5.11 Å². The van der Waals surface area contributed by atoms with Gasteiger partial charge in [0.1, 0.15) is 0 Å². The first-order valence-electron chi connectivity index (χ1n) is 9.46. The van der Waals surface area contributed by atoms with Crippen LogP contribution in [0.15, 0.2) is 0 Å². The standard InChI is InChI=1S/C20H38O2/c1-15(2)16-7-13-20(6,14-8-16)22-18(3,4)17-9-11-19(5,21)12-10-17/h15-17,21H,7-14H2,1-6H3. The van der Waals surface area contributed by atoms with E-state index in [0.717, 1.165) is 37.5 Å². The summed E-state index contributed by atoms with van der Waals surface area (Å²) in [5, 5.41) is 10.2. The smallest absolute Gasteiger partial charge is 0.0662 e. The Labute approximate surface area is 138 Å². The molecule has 0 amide bonds. The van der Waals surface area contributed by atoms with Crippen molar-refractivity contribution in [2.45, 2.75) is 110 Å². The van der Waals surface area contributed by atoms with E-state index in [0.29, 0.717) is 5.92 Å². The summed E-state index contributed by atoms with van der Waals surface area (Å²) in [4.78, 5) is 0. The van der Waals surface area contributed by atoms with Gasteiger partial charge in [0, 0.05) is 0 Å². The monoisotopic (exact) mass is 310 g/mol.